The highest BCUT2D eigenvalue weighted by Crippen LogP contribution is 2.30. The molecule has 1 aliphatic carbocycles. The first-order chi connectivity index (χ1) is 8.69. The quantitative estimate of drug-likeness (QED) is 0.809. The summed E-state index contributed by atoms with van der Waals surface area (Å²) in [5.74, 6) is 2.79. The first-order valence-electron chi connectivity index (χ1n) is 8.14. The van der Waals surface area contributed by atoms with E-state index in [1.165, 1.54) is 58.3 Å². The predicted octanol–water partition coefficient (Wildman–Crippen LogP) is 3.13. The van der Waals surface area contributed by atoms with E-state index in [1.54, 1.807) is 0 Å². The van der Waals surface area contributed by atoms with E-state index in [0.717, 1.165) is 23.8 Å². The van der Waals surface area contributed by atoms with Crippen molar-refractivity contribution in [2.75, 3.05) is 26.2 Å². The molecular formula is C16H32N2. The SMILES string of the molecule is CCN1CCC(CNC2CCC(C(C)C)CC2)C1. The summed E-state index contributed by atoms with van der Waals surface area (Å²) < 4.78 is 0. The van der Waals surface area contributed by atoms with Crippen LogP contribution in [-0.4, -0.2) is 37.1 Å². The van der Waals surface area contributed by atoms with Crippen molar-refractivity contribution in [3.63, 3.8) is 0 Å². The lowest BCUT2D eigenvalue weighted by Crippen LogP contribution is -2.37. The Morgan fingerprint density at radius 2 is 1.83 bits per heavy atom. The summed E-state index contributed by atoms with van der Waals surface area (Å²) in [6.07, 6.45) is 7.12. The van der Waals surface area contributed by atoms with Crippen LogP contribution in [-0.2, 0) is 0 Å². The number of hydrogen-bond acceptors (Lipinski definition) is 2. The van der Waals surface area contributed by atoms with Crippen molar-refractivity contribution < 1.29 is 0 Å². The highest BCUT2D eigenvalue weighted by atomic mass is 15.1. The smallest absolute Gasteiger partial charge is 0.00673 e. The largest absolute Gasteiger partial charge is 0.314 e. The average Bonchev–Trinajstić information content (AvgIpc) is 2.85. The van der Waals surface area contributed by atoms with Gasteiger partial charge in [0, 0.05) is 12.6 Å². The molecule has 1 atom stereocenters. The normalized spacial score (nSPS) is 34.3. The molecule has 1 saturated heterocycles. The van der Waals surface area contributed by atoms with Gasteiger partial charge in [0.25, 0.3) is 0 Å². The summed E-state index contributed by atoms with van der Waals surface area (Å²) in [4.78, 5) is 2.59. The van der Waals surface area contributed by atoms with E-state index in [4.69, 9.17) is 0 Å². The van der Waals surface area contributed by atoms with Crippen LogP contribution in [0.4, 0.5) is 0 Å². The minimum Gasteiger partial charge on any atom is -0.314 e. The van der Waals surface area contributed by atoms with Gasteiger partial charge in [-0.25, -0.2) is 0 Å². The van der Waals surface area contributed by atoms with Gasteiger partial charge in [-0.05, 0) is 69.5 Å². The monoisotopic (exact) mass is 252 g/mol. The van der Waals surface area contributed by atoms with E-state index in [0.29, 0.717) is 0 Å². The summed E-state index contributed by atoms with van der Waals surface area (Å²) in [5, 5.41) is 3.84. The van der Waals surface area contributed by atoms with Crippen LogP contribution in [0.3, 0.4) is 0 Å². The molecule has 0 amide bonds. The second-order valence-corrected chi connectivity index (χ2v) is 6.81. The summed E-state index contributed by atoms with van der Waals surface area (Å²) in [7, 11) is 0. The Morgan fingerprint density at radius 3 is 2.39 bits per heavy atom. The Bertz CT molecular complexity index is 231. The third-order valence-corrected chi connectivity index (χ3v) is 5.23. The van der Waals surface area contributed by atoms with Crippen molar-refractivity contribution >= 4 is 0 Å². The molecule has 1 heterocycles. The van der Waals surface area contributed by atoms with E-state index < -0.39 is 0 Å². The molecule has 0 bridgehead atoms. The minimum absolute atomic E-state index is 0.815. The molecule has 18 heavy (non-hydrogen) atoms. The van der Waals surface area contributed by atoms with Crippen LogP contribution in [0.2, 0.25) is 0 Å². The highest BCUT2D eigenvalue weighted by molar-refractivity contribution is 4.82. The molecule has 0 aromatic heterocycles. The van der Waals surface area contributed by atoms with Gasteiger partial charge in [0.15, 0.2) is 0 Å². The molecule has 106 valence electrons. The van der Waals surface area contributed by atoms with E-state index in [-0.39, 0.29) is 0 Å². The molecule has 0 radical (unpaired) electrons. The van der Waals surface area contributed by atoms with Crippen LogP contribution in [0.15, 0.2) is 0 Å². The first-order valence-corrected chi connectivity index (χ1v) is 8.14. The molecule has 2 rings (SSSR count). The molecule has 2 nitrogen and oxygen atoms in total. The Balaban J connectivity index is 1.61. The molecule has 1 aliphatic heterocycles. The van der Waals surface area contributed by atoms with E-state index in [2.05, 4.69) is 31.0 Å². The van der Waals surface area contributed by atoms with Crippen molar-refractivity contribution in [2.24, 2.45) is 17.8 Å². The molecule has 1 unspecified atom stereocenters. The maximum atomic E-state index is 3.84. The van der Waals surface area contributed by atoms with Crippen LogP contribution < -0.4 is 5.32 Å². The first kappa shape index (κ1) is 14.3. The third-order valence-electron chi connectivity index (χ3n) is 5.23. The van der Waals surface area contributed by atoms with Gasteiger partial charge in [0.1, 0.15) is 0 Å². The fraction of sp³-hybridized carbons (Fsp3) is 1.00. The van der Waals surface area contributed by atoms with Crippen LogP contribution in [0.1, 0.15) is 52.9 Å². The second-order valence-electron chi connectivity index (χ2n) is 6.81. The van der Waals surface area contributed by atoms with Gasteiger partial charge in [-0.3, -0.25) is 0 Å². The van der Waals surface area contributed by atoms with E-state index in [1.807, 2.05) is 0 Å². The second kappa shape index (κ2) is 6.91. The van der Waals surface area contributed by atoms with Crippen LogP contribution >= 0.6 is 0 Å². The number of rotatable bonds is 5. The maximum absolute atomic E-state index is 3.84. The van der Waals surface area contributed by atoms with Crippen molar-refractivity contribution in [3.05, 3.63) is 0 Å². The van der Waals surface area contributed by atoms with Gasteiger partial charge in [-0.1, -0.05) is 20.8 Å². The fourth-order valence-corrected chi connectivity index (χ4v) is 3.69. The predicted molar refractivity (Wildman–Crippen MR) is 78.8 cm³/mol. The summed E-state index contributed by atoms with van der Waals surface area (Å²) >= 11 is 0. The average molecular weight is 252 g/mol. The topological polar surface area (TPSA) is 15.3 Å². The maximum Gasteiger partial charge on any atom is 0.00673 e. The zero-order valence-corrected chi connectivity index (χ0v) is 12.6. The molecule has 0 aromatic rings. The Morgan fingerprint density at radius 1 is 1.11 bits per heavy atom. The van der Waals surface area contributed by atoms with Crippen molar-refractivity contribution in [3.8, 4) is 0 Å². The molecular weight excluding hydrogens is 220 g/mol. The van der Waals surface area contributed by atoms with Crippen molar-refractivity contribution in [1.29, 1.82) is 0 Å². The molecule has 2 heteroatoms. The molecule has 0 aromatic carbocycles. The lowest BCUT2D eigenvalue weighted by Gasteiger charge is -2.32. The number of nitrogens with zero attached hydrogens (tertiary/aromatic N) is 1. The zero-order valence-electron chi connectivity index (χ0n) is 12.6. The Hall–Kier alpha value is -0.0800. The van der Waals surface area contributed by atoms with E-state index >= 15 is 0 Å². The standard InChI is InChI=1S/C16H32N2/c1-4-18-10-9-14(12-18)11-17-16-7-5-15(6-8-16)13(2)3/h13-17H,4-12H2,1-3H3. The van der Waals surface area contributed by atoms with Gasteiger partial charge in [0.2, 0.25) is 0 Å². The van der Waals surface area contributed by atoms with Crippen LogP contribution in [0.5, 0.6) is 0 Å². The van der Waals surface area contributed by atoms with Crippen LogP contribution in [0, 0.1) is 17.8 Å². The lowest BCUT2D eigenvalue weighted by molar-refractivity contribution is 0.233. The number of hydrogen-bond donors (Lipinski definition) is 1. The van der Waals surface area contributed by atoms with Crippen molar-refractivity contribution in [2.45, 2.75) is 58.9 Å². The third kappa shape index (κ3) is 3.96. The molecule has 1 N–H and O–H groups in total. The van der Waals surface area contributed by atoms with Crippen LogP contribution in [0.25, 0.3) is 0 Å². The highest BCUT2D eigenvalue weighted by Gasteiger charge is 2.25. The van der Waals surface area contributed by atoms with Gasteiger partial charge in [-0.15, -0.1) is 0 Å². The Labute approximate surface area is 114 Å². The number of nitrogens with one attached hydrogen (secondary N) is 1. The number of likely N-dealkylation sites (tertiary alicyclic amines) is 1. The van der Waals surface area contributed by atoms with Gasteiger partial charge in [-0.2, -0.15) is 0 Å². The minimum atomic E-state index is 0.815. The lowest BCUT2D eigenvalue weighted by atomic mass is 9.79. The van der Waals surface area contributed by atoms with E-state index in [9.17, 15) is 0 Å². The summed E-state index contributed by atoms with van der Waals surface area (Å²) in [5.41, 5.74) is 0. The molecule has 2 fully saturated rings. The summed E-state index contributed by atoms with van der Waals surface area (Å²) in [6, 6.07) is 0.815. The zero-order chi connectivity index (χ0) is 13.0. The summed E-state index contributed by atoms with van der Waals surface area (Å²) in [6.45, 7) is 12.2. The molecule has 0 spiro atoms. The van der Waals surface area contributed by atoms with Gasteiger partial charge < -0.3 is 10.2 Å². The molecule has 1 saturated carbocycles. The van der Waals surface area contributed by atoms with Crippen molar-refractivity contribution in [1.82, 2.24) is 10.2 Å². The van der Waals surface area contributed by atoms with Gasteiger partial charge in [0.05, 0.1) is 0 Å². The Kier molecular flexibility index (Phi) is 5.50. The fourth-order valence-electron chi connectivity index (χ4n) is 3.69. The molecule has 2 aliphatic rings. The van der Waals surface area contributed by atoms with Gasteiger partial charge >= 0.3 is 0 Å².